The van der Waals surface area contributed by atoms with Crippen molar-refractivity contribution in [1.82, 2.24) is 9.80 Å². The minimum Gasteiger partial charge on any atom is -0.382 e. The zero-order valence-corrected chi connectivity index (χ0v) is 12.9. The number of carbonyl (C=O) groups excluding carboxylic acids is 1. The van der Waals surface area contributed by atoms with Crippen molar-refractivity contribution < 1.29 is 4.79 Å². The summed E-state index contributed by atoms with van der Waals surface area (Å²) in [5.74, 6) is 0.0458. The molecular formula is C16H25N3O. The summed E-state index contributed by atoms with van der Waals surface area (Å²) in [5, 5.41) is 3.58. The summed E-state index contributed by atoms with van der Waals surface area (Å²) in [4.78, 5) is 15.8. The summed E-state index contributed by atoms with van der Waals surface area (Å²) in [7, 11) is 5.73. The average molecular weight is 275 g/mol. The molecule has 0 saturated carbocycles. The first kappa shape index (κ1) is 14.9. The number of amides is 1. The van der Waals surface area contributed by atoms with Gasteiger partial charge in [0.25, 0.3) is 5.91 Å². The van der Waals surface area contributed by atoms with Crippen LogP contribution < -0.4 is 5.32 Å². The molecule has 1 N–H and O–H groups in total. The Bertz CT molecular complexity index is 455. The Hall–Kier alpha value is -1.55. The van der Waals surface area contributed by atoms with Gasteiger partial charge in [0.05, 0.1) is 0 Å². The second-order valence-corrected chi connectivity index (χ2v) is 5.97. The smallest absolute Gasteiger partial charge is 0.253 e. The van der Waals surface area contributed by atoms with Crippen LogP contribution in [-0.2, 0) is 0 Å². The lowest BCUT2D eigenvalue weighted by Crippen LogP contribution is -2.42. The molecule has 1 aromatic rings. The fourth-order valence-electron chi connectivity index (χ4n) is 2.62. The SMILES string of the molecule is CC1CC(Nc2ccc(C(=O)N(C)C)cc2)CCN1C. The van der Waals surface area contributed by atoms with Crippen molar-refractivity contribution in [2.75, 3.05) is 33.0 Å². The van der Waals surface area contributed by atoms with Gasteiger partial charge in [0.15, 0.2) is 0 Å². The van der Waals surface area contributed by atoms with E-state index < -0.39 is 0 Å². The monoisotopic (exact) mass is 275 g/mol. The summed E-state index contributed by atoms with van der Waals surface area (Å²) in [5.41, 5.74) is 1.83. The molecule has 4 heteroatoms. The molecule has 4 nitrogen and oxygen atoms in total. The molecule has 110 valence electrons. The van der Waals surface area contributed by atoms with E-state index in [0.717, 1.165) is 24.2 Å². The van der Waals surface area contributed by atoms with Crippen molar-refractivity contribution in [2.24, 2.45) is 0 Å². The van der Waals surface area contributed by atoms with E-state index in [-0.39, 0.29) is 5.91 Å². The fourth-order valence-corrected chi connectivity index (χ4v) is 2.62. The predicted molar refractivity (Wildman–Crippen MR) is 83.2 cm³/mol. The van der Waals surface area contributed by atoms with E-state index in [1.54, 1.807) is 19.0 Å². The number of nitrogens with one attached hydrogen (secondary N) is 1. The van der Waals surface area contributed by atoms with Gasteiger partial charge >= 0.3 is 0 Å². The van der Waals surface area contributed by atoms with Crippen LogP contribution in [-0.4, -0.2) is 55.5 Å². The molecule has 1 fully saturated rings. The van der Waals surface area contributed by atoms with E-state index in [0.29, 0.717) is 12.1 Å². The fraction of sp³-hybridized carbons (Fsp3) is 0.562. The van der Waals surface area contributed by atoms with Crippen molar-refractivity contribution in [2.45, 2.75) is 31.8 Å². The molecule has 1 amide bonds. The van der Waals surface area contributed by atoms with E-state index in [1.807, 2.05) is 24.3 Å². The van der Waals surface area contributed by atoms with Gasteiger partial charge in [-0.15, -0.1) is 0 Å². The van der Waals surface area contributed by atoms with Gasteiger partial charge in [-0.2, -0.15) is 0 Å². The summed E-state index contributed by atoms with van der Waals surface area (Å²) in [6, 6.07) is 8.93. The van der Waals surface area contributed by atoms with Gasteiger partial charge in [-0.3, -0.25) is 4.79 Å². The number of nitrogens with zero attached hydrogens (tertiary/aromatic N) is 2. The summed E-state index contributed by atoms with van der Waals surface area (Å²) in [6.45, 7) is 3.41. The predicted octanol–water partition coefficient (Wildman–Crippen LogP) is 2.28. The maximum atomic E-state index is 11.8. The number of hydrogen-bond donors (Lipinski definition) is 1. The maximum Gasteiger partial charge on any atom is 0.253 e. The lowest BCUT2D eigenvalue weighted by atomic mass is 9.98. The molecule has 0 aromatic heterocycles. The van der Waals surface area contributed by atoms with Gasteiger partial charge < -0.3 is 15.1 Å². The van der Waals surface area contributed by atoms with Gasteiger partial charge in [0, 0.05) is 44.0 Å². The quantitative estimate of drug-likeness (QED) is 0.919. The lowest BCUT2D eigenvalue weighted by Gasteiger charge is -2.35. The third-order valence-electron chi connectivity index (χ3n) is 4.12. The van der Waals surface area contributed by atoms with Crippen molar-refractivity contribution in [1.29, 1.82) is 0 Å². The third-order valence-corrected chi connectivity index (χ3v) is 4.12. The highest BCUT2D eigenvalue weighted by molar-refractivity contribution is 5.94. The molecule has 2 atom stereocenters. The van der Waals surface area contributed by atoms with Crippen molar-refractivity contribution in [3.05, 3.63) is 29.8 Å². The Kier molecular flexibility index (Phi) is 4.65. The van der Waals surface area contributed by atoms with E-state index in [1.165, 1.54) is 6.42 Å². The second-order valence-electron chi connectivity index (χ2n) is 5.97. The molecule has 2 unspecified atom stereocenters. The Morgan fingerprint density at radius 1 is 1.30 bits per heavy atom. The van der Waals surface area contributed by atoms with Gasteiger partial charge in [-0.05, 0) is 51.1 Å². The molecule has 1 aliphatic heterocycles. The molecule has 1 saturated heterocycles. The Morgan fingerprint density at radius 3 is 2.50 bits per heavy atom. The van der Waals surface area contributed by atoms with Crippen LogP contribution in [0.2, 0.25) is 0 Å². The summed E-state index contributed by atoms with van der Waals surface area (Å²) >= 11 is 0. The zero-order valence-electron chi connectivity index (χ0n) is 12.9. The number of benzene rings is 1. The van der Waals surface area contributed by atoms with Crippen LogP contribution in [0.25, 0.3) is 0 Å². The molecular weight excluding hydrogens is 250 g/mol. The lowest BCUT2D eigenvalue weighted by molar-refractivity contribution is 0.0827. The van der Waals surface area contributed by atoms with Gasteiger partial charge in [0.1, 0.15) is 0 Å². The Balaban J connectivity index is 1.96. The first-order chi connectivity index (χ1) is 9.47. The largest absolute Gasteiger partial charge is 0.382 e. The number of rotatable bonds is 3. The summed E-state index contributed by atoms with van der Waals surface area (Å²) < 4.78 is 0. The van der Waals surface area contributed by atoms with E-state index >= 15 is 0 Å². The Labute approximate surface area is 121 Å². The van der Waals surface area contributed by atoms with Gasteiger partial charge in [-0.1, -0.05) is 0 Å². The standard InChI is InChI=1S/C16H25N3O/c1-12-11-15(9-10-19(12)4)17-14-7-5-13(6-8-14)16(20)18(2)3/h5-8,12,15,17H,9-11H2,1-4H3. The topological polar surface area (TPSA) is 35.6 Å². The summed E-state index contributed by atoms with van der Waals surface area (Å²) in [6.07, 6.45) is 2.33. The van der Waals surface area contributed by atoms with Crippen LogP contribution in [0.15, 0.2) is 24.3 Å². The molecule has 0 spiro atoms. The number of piperidine rings is 1. The van der Waals surface area contributed by atoms with E-state index in [2.05, 4.69) is 24.2 Å². The number of likely N-dealkylation sites (tertiary alicyclic amines) is 1. The molecule has 0 aliphatic carbocycles. The Morgan fingerprint density at radius 2 is 1.95 bits per heavy atom. The first-order valence-corrected chi connectivity index (χ1v) is 7.26. The first-order valence-electron chi connectivity index (χ1n) is 7.26. The van der Waals surface area contributed by atoms with Crippen molar-refractivity contribution in [3.63, 3.8) is 0 Å². The average Bonchev–Trinajstić information content (AvgIpc) is 2.43. The number of anilines is 1. The molecule has 20 heavy (non-hydrogen) atoms. The molecule has 1 aliphatic rings. The van der Waals surface area contributed by atoms with Gasteiger partial charge in [-0.25, -0.2) is 0 Å². The molecule has 1 aromatic carbocycles. The van der Waals surface area contributed by atoms with Crippen LogP contribution in [0.1, 0.15) is 30.1 Å². The van der Waals surface area contributed by atoms with Crippen LogP contribution >= 0.6 is 0 Å². The van der Waals surface area contributed by atoms with Gasteiger partial charge in [0.2, 0.25) is 0 Å². The van der Waals surface area contributed by atoms with Crippen LogP contribution in [0.4, 0.5) is 5.69 Å². The van der Waals surface area contributed by atoms with Crippen molar-refractivity contribution in [3.8, 4) is 0 Å². The normalized spacial score (nSPS) is 23.4. The number of hydrogen-bond acceptors (Lipinski definition) is 3. The highest BCUT2D eigenvalue weighted by Crippen LogP contribution is 2.20. The minimum absolute atomic E-state index is 0.0458. The molecule has 0 bridgehead atoms. The van der Waals surface area contributed by atoms with Crippen LogP contribution in [0.3, 0.4) is 0 Å². The highest BCUT2D eigenvalue weighted by atomic mass is 16.2. The third kappa shape index (κ3) is 3.51. The number of carbonyl (C=O) groups is 1. The van der Waals surface area contributed by atoms with E-state index in [4.69, 9.17) is 0 Å². The van der Waals surface area contributed by atoms with Crippen LogP contribution in [0, 0.1) is 0 Å². The maximum absolute atomic E-state index is 11.8. The zero-order chi connectivity index (χ0) is 14.7. The van der Waals surface area contributed by atoms with Crippen molar-refractivity contribution >= 4 is 11.6 Å². The molecule has 2 rings (SSSR count). The highest BCUT2D eigenvalue weighted by Gasteiger charge is 2.22. The minimum atomic E-state index is 0.0458. The van der Waals surface area contributed by atoms with E-state index in [9.17, 15) is 4.79 Å². The molecule has 1 heterocycles. The van der Waals surface area contributed by atoms with Crippen LogP contribution in [0.5, 0.6) is 0 Å². The molecule has 0 radical (unpaired) electrons. The second kappa shape index (κ2) is 6.27.